The maximum atomic E-state index is 11.7. The second-order valence-corrected chi connectivity index (χ2v) is 4.07. The summed E-state index contributed by atoms with van der Waals surface area (Å²) in [6.45, 7) is -0.374. The Labute approximate surface area is 121 Å². The Bertz CT molecular complexity index is 611. The largest absolute Gasteiger partial charge is 0.497 e. The molecule has 0 aliphatic heterocycles. The van der Waals surface area contributed by atoms with E-state index >= 15 is 0 Å². The van der Waals surface area contributed by atoms with Gasteiger partial charge >= 0.3 is 5.97 Å². The number of esters is 1. The minimum Gasteiger partial charge on any atom is -0.497 e. The third-order valence-electron chi connectivity index (χ3n) is 2.58. The number of carbonyl (C=O) groups excluding carboxylic acids is 2. The van der Waals surface area contributed by atoms with Gasteiger partial charge in [0.1, 0.15) is 11.4 Å². The lowest BCUT2D eigenvalue weighted by molar-refractivity contribution is -0.119. The van der Waals surface area contributed by atoms with Gasteiger partial charge in [-0.15, -0.1) is 0 Å². The van der Waals surface area contributed by atoms with Crippen molar-refractivity contribution >= 4 is 17.6 Å². The molecule has 2 rings (SSSR count). The molecule has 0 radical (unpaired) electrons. The van der Waals surface area contributed by atoms with Crippen LogP contribution in [-0.4, -0.2) is 30.6 Å². The number of amides is 1. The van der Waals surface area contributed by atoms with Crippen molar-refractivity contribution in [2.45, 2.75) is 0 Å². The molecule has 1 heterocycles. The van der Waals surface area contributed by atoms with Crippen LogP contribution in [0, 0.1) is 0 Å². The lowest BCUT2D eigenvalue weighted by atomic mass is 10.3. The van der Waals surface area contributed by atoms with Gasteiger partial charge in [-0.2, -0.15) is 0 Å². The third kappa shape index (κ3) is 4.31. The predicted octanol–water partition coefficient (Wildman–Crippen LogP) is 1.89. The first-order valence-electron chi connectivity index (χ1n) is 6.21. The van der Waals surface area contributed by atoms with Gasteiger partial charge in [0, 0.05) is 11.9 Å². The normalized spacial score (nSPS) is 9.76. The van der Waals surface area contributed by atoms with Gasteiger partial charge in [0.05, 0.1) is 7.11 Å². The Morgan fingerprint density at radius 1 is 1.14 bits per heavy atom. The molecule has 6 nitrogen and oxygen atoms in total. The van der Waals surface area contributed by atoms with Gasteiger partial charge in [-0.3, -0.25) is 4.79 Å². The number of nitrogens with zero attached hydrogens (tertiary/aromatic N) is 1. The number of ether oxygens (including phenoxy) is 2. The third-order valence-corrected chi connectivity index (χ3v) is 2.58. The van der Waals surface area contributed by atoms with Crippen molar-refractivity contribution in [2.75, 3.05) is 19.0 Å². The van der Waals surface area contributed by atoms with E-state index in [2.05, 4.69) is 10.3 Å². The van der Waals surface area contributed by atoms with E-state index in [0.717, 1.165) is 0 Å². The van der Waals surface area contributed by atoms with E-state index in [1.54, 1.807) is 43.5 Å². The van der Waals surface area contributed by atoms with E-state index in [1.807, 2.05) is 0 Å². The lowest BCUT2D eigenvalue weighted by Gasteiger charge is -2.07. The van der Waals surface area contributed by atoms with Crippen molar-refractivity contribution in [3.63, 3.8) is 0 Å². The summed E-state index contributed by atoms with van der Waals surface area (Å²) in [5.74, 6) is -0.375. The zero-order valence-electron chi connectivity index (χ0n) is 11.4. The van der Waals surface area contributed by atoms with Crippen molar-refractivity contribution in [2.24, 2.45) is 0 Å². The molecule has 1 aromatic heterocycles. The van der Waals surface area contributed by atoms with E-state index in [9.17, 15) is 9.59 Å². The first-order chi connectivity index (χ1) is 10.2. The zero-order valence-corrected chi connectivity index (χ0v) is 11.4. The molecule has 21 heavy (non-hydrogen) atoms. The highest BCUT2D eigenvalue weighted by Crippen LogP contribution is 2.14. The van der Waals surface area contributed by atoms with Crippen molar-refractivity contribution in [1.82, 2.24) is 4.98 Å². The predicted molar refractivity (Wildman–Crippen MR) is 76.1 cm³/mol. The Morgan fingerprint density at radius 2 is 1.90 bits per heavy atom. The molecule has 108 valence electrons. The van der Waals surface area contributed by atoms with Crippen molar-refractivity contribution < 1.29 is 19.1 Å². The van der Waals surface area contributed by atoms with Crippen LogP contribution in [0.4, 0.5) is 5.69 Å². The minimum absolute atomic E-state index is 0.162. The van der Waals surface area contributed by atoms with Crippen LogP contribution in [0.3, 0.4) is 0 Å². The molecular weight excluding hydrogens is 272 g/mol. The highest BCUT2D eigenvalue weighted by atomic mass is 16.5. The number of aromatic nitrogens is 1. The smallest absolute Gasteiger partial charge is 0.357 e. The molecule has 1 N–H and O–H groups in total. The number of pyridine rings is 1. The molecule has 1 amide bonds. The van der Waals surface area contributed by atoms with Crippen LogP contribution in [0.1, 0.15) is 10.5 Å². The fourth-order valence-corrected chi connectivity index (χ4v) is 1.56. The second-order valence-electron chi connectivity index (χ2n) is 4.07. The number of hydrogen-bond acceptors (Lipinski definition) is 5. The summed E-state index contributed by atoms with van der Waals surface area (Å²) in [6, 6.07) is 11.7. The van der Waals surface area contributed by atoms with Crippen LogP contribution in [0.25, 0.3) is 0 Å². The van der Waals surface area contributed by atoms with Gasteiger partial charge in [0.25, 0.3) is 5.91 Å². The average Bonchev–Trinajstić information content (AvgIpc) is 2.54. The fraction of sp³-hybridized carbons (Fsp3) is 0.133. The van der Waals surface area contributed by atoms with Crippen LogP contribution in [0.5, 0.6) is 5.75 Å². The summed E-state index contributed by atoms with van der Waals surface area (Å²) in [4.78, 5) is 27.1. The number of hydrogen-bond donors (Lipinski definition) is 1. The number of methoxy groups -OCH3 is 1. The Balaban J connectivity index is 1.83. The summed E-state index contributed by atoms with van der Waals surface area (Å²) < 4.78 is 9.88. The van der Waals surface area contributed by atoms with Crippen LogP contribution in [0.15, 0.2) is 48.7 Å². The highest BCUT2D eigenvalue weighted by molar-refractivity contribution is 5.94. The number of anilines is 1. The maximum Gasteiger partial charge on any atom is 0.357 e. The van der Waals surface area contributed by atoms with Crippen molar-refractivity contribution in [3.05, 3.63) is 54.4 Å². The second kappa shape index (κ2) is 7.04. The van der Waals surface area contributed by atoms with Gasteiger partial charge in [0.2, 0.25) is 0 Å². The SMILES string of the molecule is COc1ccc(NC(=O)COC(=O)c2ccccn2)cc1. The van der Waals surface area contributed by atoms with Gasteiger partial charge in [-0.05, 0) is 36.4 Å². The van der Waals surface area contributed by atoms with Gasteiger partial charge < -0.3 is 14.8 Å². The fourth-order valence-electron chi connectivity index (χ4n) is 1.56. The van der Waals surface area contributed by atoms with Gasteiger partial charge in [0.15, 0.2) is 6.61 Å². The number of carbonyl (C=O) groups is 2. The molecule has 6 heteroatoms. The van der Waals surface area contributed by atoms with E-state index in [-0.39, 0.29) is 12.3 Å². The molecule has 0 bridgehead atoms. The monoisotopic (exact) mass is 286 g/mol. The molecule has 2 aromatic rings. The first kappa shape index (κ1) is 14.5. The summed E-state index contributed by atoms with van der Waals surface area (Å²) >= 11 is 0. The average molecular weight is 286 g/mol. The number of rotatable bonds is 5. The van der Waals surface area contributed by atoms with Crippen LogP contribution in [-0.2, 0) is 9.53 Å². The van der Waals surface area contributed by atoms with E-state index < -0.39 is 11.9 Å². The van der Waals surface area contributed by atoms with Gasteiger partial charge in [-0.1, -0.05) is 6.07 Å². The highest BCUT2D eigenvalue weighted by Gasteiger charge is 2.10. The Kier molecular flexibility index (Phi) is 4.87. The molecule has 0 aliphatic rings. The number of nitrogens with one attached hydrogen (secondary N) is 1. The van der Waals surface area contributed by atoms with Crippen molar-refractivity contribution in [1.29, 1.82) is 0 Å². The topological polar surface area (TPSA) is 77.5 Å². The maximum absolute atomic E-state index is 11.7. The van der Waals surface area contributed by atoms with E-state index in [1.165, 1.54) is 12.3 Å². The standard InChI is InChI=1S/C15H14N2O4/c1-20-12-7-5-11(6-8-12)17-14(18)10-21-15(19)13-4-2-3-9-16-13/h2-9H,10H2,1H3,(H,17,18). The molecule has 0 saturated heterocycles. The summed E-state index contributed by atoms with van der Waals surface area (Å²) in [5.41, 5.74) is 0.754. The molecule has 0 atom stereocenters. The minimum atomic E-state index is -0.638. The molecule has 1 aromatic carbocycles. The molecule has 0 fully saturated rings. The molecular formula is C15H14N2O4. The van der Waals surface area contributed by atoms with Crippen LogP contribution < -0.4 is 10.1 Å². The summed E-state index contributed by atoms with van der Waals surface area (Å²) in [6.07, 6.45) is 1.48. The molecule has 0 aliphatic carbocycles. The Hall–Kier alpha value is -2.89. The van der Waals surface area contributed by atoms with E-state index in [4.69, 9.17) is 9.47 Å². The van der Waals surface area contributed by atoms with E-state index in [0.29, 0.717) is 11.4 Å². The Morgan fingerprint density at radius 3 is 2.52 bits per heavy atom. The molecule has 0 unspecified atom stereocenters. The summed E-state index contributed by atoms with van der Waals surface area (Å²) in [7, 11) is 1.56. The van der Waals surface area contributed by atoms with Gasteiger partial charge in [-0.25, -0.2) is 9.78 Å². The first-order valence-corrected chi connectivity index (χ1v) is 6.21. The molecule has 0 spiro atoms. The quantitative estimate of drug-likeness (QED) is 0.849. The van der Waals surface area contributed by atoms with Crippen LogP contribution in [0.2, 0.25) is 0 Å². The number of benzene rings is 1. The lowest BCUT2D eigenvalue weighted by Crippen LogP contribution is -2.21. The summed E-state index contributed by atoms with van der Waals surface area (Å²) in [5, 5.41) is 2.61. The van der Waals surface area contributed by atoms with Crippen molar-refractivity contribution in [3.8, 4) is 5.75 Å². The zero-order chi connectivity index (χ0) is 15.1. The molecule has 0 saturated carbocycles. The van der Waals surface area contributed by atoms with Crippen LogP contribution >= 0.6 is 0 Å².